The zero-order valence-electron chi connectivity index (χ0n) is 19.5. The highest BCUT2D eigenvalue weighted by Crippen LogP contribution is 2.32. The molecule has 0 spiro atoms. The average molecular weight is 513 g/mol. The highest BCUT2D eigenvalue weighted by atomic mass is 32.2. The van der Waals surface area contributed by atoms with E-state index in [2.05, 4.69) is 14.9 Å². The number of rotatable bonds is 5. The van der Waals surface area contributed by atoms with Crippen molar-refractivity contribution in [1.82, 2.24) is 24.7 Å². The second-order valence-corrected chi connectivity index (χ2v) is 9.48. The van der Waals surface area contributed by atoms with Crippen LogP contribution < -0.4 is 4.90 Å². The highest BCUT2D eigenvalue weighted by molar-refractivity contribution is 7.98. The van der Waals surface area contributed by atoms with Crippen molar-refractivity contribution in [3.63, 3.8) is 0 Å². The van der Waals surface area contributed by atoms with Gasteiger partial charge in [-0.05, 0) is 19.2 Å². The number of halogens is 3. The largest absolute Gasteiger partial charge is 0.455 e. The number of hydrogen-bond acceptors (Lipinski definition) is 8. The van der Waals surface area contributed by atoms with Crippen molar-refractivity contribution in [1.29, 1.82) is 0 Å². The number of nitrogens with zero attached hydrogens (tertiary/aromatic N) is 6. The molecule has 4 rings (SSSR count). The lowest BCUT2D eigenvalue weighted by Crippen LogP contribution is -2.48. The molecular weight excluding hydrogens is 485 g/mol. The van der Waals surface area contributed by atoms with Gasteiger partial charge in [-0.25, -0.2) is 9.97 Å². The van der Waals surface area contributed by atoms with Crippen LogP contribution in [0.2, 0.25) is 0 Å². The summed E-state index contributed by atoms with van der Waals surface area (Å²) >= 11 is 1.01. The predicted octanol–water partition coefficient (Wildman–Crippen LogP) is 2.44. The molecule has 0 N–H and O–H groups in total. The Morgan fingerprint density at radius 3 is 2.29 bits per heavy atom. The Bertz CT molecular complexity index is 1060. The fraction of sp³-hybridized carbons (Fsp3) is 0.545. The molecule has 2 saturated heterocycles. The summed E-state index contributed by atoms with van der Waals surface area (Å²) in [6.45, 7) is 5.86. The van der Waals surface area contributed by atoms with Gasteiger partial charge in [0.05, 0.1) is 5.75 Å². The quantitative estimate of drug-likeness (QED) is 0.446. The Morgan fingerprint density at radius 2 is 1.66 bits per heavy atom. The minimum atomic E-state index is -4.62. The van der Waals surface area contributed by atoms with Crippen molar-refractivity contribution in [2.45, 2.75) is 24.0 Å². The Balaban J connectivity index is 1.44. The minimum Gasteiger partial charge on any atom is -0.455 e. The summed E-state index contributed by atoms with van der Waals surface area (Å²) < 4.78 is 46.2. The number of likely N-dealkylation sites (N-methyl/N-ethyl adjacent to an activating group) is 1. The van der Waals surface area contributed by atoms with Gasteiger partial charge in [0.2, 0.25) is 5.91 Å². The number of furan rings is 1. The van der Waals surface area contributed by atoms with Crippen LogP contribution >= 0.6 is 11.8 Å². The van der Waals surface area contributed by atoms with Crippen LogP contribution in [0.25, 0.3) is 0 Å². The van der Waals surface area contributed by atoms with Gasteiger partial charge in [-0.15, -0.1) is 0 Å². The van der Waals surface area contributed by atoms with Gasteiger partial charge in [-0.3, -0.25) is 9.59 Å². The number of alkyl halides is 3. The molecule has 0 saturated carbocycles. The first-order chi connectivity index (χ1) is 16.6. The molecule has 190 valence electrons. The molecule has 0 aromatic carbocycles. The standard InChI is InChI=1S/C22H27F3N6O3S/c1-15(32)29-9-11-30(12-10-29)19-13-18(22(23,24)25)26-21(27-19)35-14-16-3-4-17(34-16)20(33)31-7-5-28(2)6-8-31/h3-4,13H,5-12,14H2,1-2H3. The van der Waals surface area contributed by atoms with Crippen LogP contribution in [-0.4, -0.2) is 95.9 Å². The Hall–Kier alpha value is -2.80. The third-order valence-corrected chi connectivity index (χ3v) is 6.91. The first kappa shape index (κ1) is 25.3. The summed E-state index contributed by atoms with van der Waals surface area (Å²) in [5.41, 5.74) is -1.02. The summed E-state index contributed by atoms with van der Waals surface area (Å²) in [7, 11) is 2.00. The van der Waals surface area contributed by atoms with Crippen LogP contribution in [0.15, 0.2) is 27.8 Å². The summed E-state index contributed by atoms with van der Waals surface area (Å²) in [6, 6.07) is 4.17. The molecule has 2 amide bonds. The smallest absolute Gasteiger partial charge is 0.433 e. The molecule has 0 bridgehead atoms. The second-order valence-electron chi connectivity index (χ2n) is 8.53. The van der Waals surface area contributed by atoms with Crippen molar-refractivity contribution in [2.75, 3.05) is 64.3 Å². The van der Waals surface area contributed by atoms with Gasteiger partial charge in [0, 0.05) is 65.3 Å². The molecule has 2 aliphatic heterocycles. The second kappa shape index (κ2) is 10.4. The maximum absolute atomic E-state index is 13.5. The maximum atomic E-state index is 13.5. The zero-order valence-corrected chi connectivity index (χ0v) is 20.4. The SMILES string of the molecule is CC(=O)N1CCN(c2cc(C(F)(F)F)nc(SCc3ccc(C(=O)N4CCN(C)CC4)o3)n2)CC1. The molecule has 2 fully saturated rings. The van der Waals surface area contributed by atoms with Crippen LogP contribution in [0.5, 0.6) is 0 Å². The lowest BCUT2D eigenvalue weighted by Gasteiger charge is -2.35. The van der Waals surface area contributed by atoms with E-state index in [9.17, 15) is 22.8 Å². The van der Waals surface area contributed by atoms with Crippen LogP contribution in [0.1, 0.15) is 28.9 Å². The van der Waals surface area contributed by atoms with Gasteiger partial charge in [0.25, 0.3) is 5.91 Å². The normalized spacial score (nSPS) is 17.7. The third-order valence-electron chi connectivity index (χ3n) is 6.04. The number of carbonyl (C=O) groups is 2. The molecule has 0 radical (unpaired) electrons. The molecular formula is C22H27F3N6O3S. The van der Waals surface area contributed by atoms with Crippen LogP contribution in [0, 0.1) is 0 Å². The monoisotopic (exact) mass is 512 g/mol. The Labute approximate surface area is 205 Å². The maximum Gasteiger partial charge on any atom is 0.433 e. The molecule has 2 aromatic rings. The summed E-state index contributed by atoms with van der Waals surface area (Å²) in [4.78, 5) is 39.5. The van der Waals surface area contributed by atoms with Gasteiger partial charge < -0.3 is 24.0 Å². The van der Waals surface area contributed by atoms with Crippen molar-refractivity contribution < 1.29 is 27.2 Å². The minimum absolute atomic E-state index is 0.0350. The van der Waals surface area contributed by atoms with E-state index in [1.165, 1.54) is 6.92 Å². The van der Waals surface area contributed by atoms with Crippen LogP contribution in [0.3, 0.4) is 0 Å². The lowest BCUT2D eigenvalue weighted by molar-refractivity contribution is -0.141. The van der Waals surface area contributed by atoms with Gasteiger partial charge >= 0.3 is 6.18 Å². The average Bonchev–Trinajstić information content (AvgIpc) is 3.31. The molecule has 0 unspecified atom stereocenters. The molecule has 0 aliphatic carbocycles. The van der Waals surface area contributed by atoms with Gasteiger partial charge in [0.15, 0.2) is 16.6 Å². The highest BCUT2D eigenvalue weighted by Gasteiger charge is 2.35. The van der Waals surface area contributed by atoms with E-state index >= 15 is 0 Å². The fourth-order valence-electron chi connectivity index (χ4n) is 3.91. The third kappa shape index (κ3) is 6.26. The van der Waals surface area contributed by atoms with E-state index in [-0.39, 0.29) is 34.3 Å². The fourth-order valence-corrected chi connectivity index (χ4v) is 4.65. The van der Waals surface area contributed by atoms with Gasteiger partial charge in [-0.1, -0.05) is 11.8 Å². The molecule has 9 nitrogen and oxygen atoms in total. The number of piperazine rings is 2. The van der Waals surface area contributed by atoms with Crippen LogP contribution in [0.4, 0.5) is 19.0 Å². The van der Waals surface area contributed by atoms with Crippen molar-refractivity contribution >= 4 is 29.4 Å². The topological polar surface area (TPSA) is 86.0 Å². The summed E-state index contributed by atoms with van der Waals surface area (Å²) in [6.07, 6.45) is -4.62. The number of amides is 2. The number of aromatic nitrogens is 2. The van der Waals surface area contributed by atoms with Crippen molar-refractivity contribution in [3.05, 3.63) is 35.4 Å². The Morgan fingerprint density at radius 1 is 1.00 bits per heavy atom. The first-order valence-corrected chi connectivity index (χ1v) is 12.2. The summed E-state index contributed by atoms with van der Waals surface area (Å²) in [5.74, 6) is 0.738. The Kier molecular flexibility index (Phi) is 7.55. The summed E-state index contributed by atoms with van der Waals surface area (Å²) in [5, 5.41) is -0.0350. The predicted molar refractivity (Wildman–Crippen MR) is 123 cm³/mol. The molecule has 4 heterocycles. The molecule has 2 aromatic heterocycles. The number of carbonyl (C=O) groups excluding carboxylic acids is 2. The van der Waals surface area contributed by atoms with Gasteiger partial charge in [0.1, 0.15) is 11.6 Å². The van der Waals surface area contributed by atoms with E-state index in [4.69, 9.17) is 4.42 Å². The lowest BCUT2D eigenvalue weighted by atomic mass is 10.3. The molecule has 35 heavy (non-hydrogen) atoms. The molecule has 2 aliphatic rings. The van der Waals surface area contributed by atoms with E-state index in [0.29, 0.717) is 45.0 Å². The van der Waals surface area contributed by atoms with Gasteiger partial charge in [-0.2, -0.15) is 13.2 Å². The van der Waals surface area contributed by atoms with Crippen molar-refractivity contribution in [3.8, 4) is 0 Å². The van der Waals surface area contributed by atoms with E-state index in [1.807, 2.05) is 7.05 Å². The van der Waals surface area contributed by atoms with E-state index in [1.54, 1.807) is 26.8 Å². The van der Waals surface area contributed by atoms with E-state index < -0.39 is 11.9 Å². The zero-order chi connectivity index (χ0) is 25.2. The van der Waals surface area contributed by atoms with E-state index in [0.717, 1.165) is 30.9 Å². The number of thioether (sulfide) groups is 1. The first-order valence-electron chi connectivity index (χ1n) is 11.3. The molecule has 13 heteroatoms. The van der Waals surface area contributed by atoms with Crippen molar-refractivity contribution in [2.24, 2.45) is 0 Å². The molecule has 0 atom stereocenters. The van der Waals surface area contributed by atoms with Crippen LogP contribution in [-0.2, 0) is 16.7 Å². The number of anilines is 1. The number of hydrogen-bond donors (Lipinski definition) is 0.